The van der Waals surface area contributed by atoms with E-state index in [-0.39, 0.29) is 0 Å². The van der Waals surface area contributed by atoms with Gasteiger partial charge in [-0.25, -0.2) is 0 Å². The van der Waals surface area contributed by atoms with Crippen LogP contribution in [0.25, 0.3) is 0 Å². The van der Waals surface area contributed by atoms with Crippen LogP contribution in [0.15, 0.2) is 16.6 Å². The summed E-state index contributed by atoms with van der Waals surface area (Å²) in [6.07, 6.45) is 0.781. The Labute approximate surface area is 78.5 Å². The van der Waals surface area contributed by atoms with E-state index in [1.807, 2.05) is 6.92 Å². The molecule has 1 nitrogen and oxygen atoms in total. The van der Waals surface area contributed by atoms with Gasteiger partial charge in [-0.3, -0.25) is 4.79 Å². The van der Waals surface area contributed by atoms with Gasteiger partial charge in [0.05, 0.1) is 0 Å². The number of aryl methyl sites for hydroxylation is 1. The summed E-state index contributed by atoms with van der Waals surface area (Å²) in [6, 6.07) is 3.43. The molecule has 0 amide bonds. The van der Waals surface area contributed by atoms with Crippen molar-refractivity contribution in [1.29, 1.82) is 0 Å². The second kappa shape index (κ2) is 3.37. The number of benzene rings is 1. The molecule has 3 heteroatoms. The highest BCUT2D eigenvalue weighted by atomic mass is 79.9. The first kappa shape index (κ1) is 8.75. The molecular weight excluding hydrogens is 227 g/mol. The maximum Gasteiger partial charge on any atom is 0.151 e. The van der Waals surface area contributed by atoms with Gasteiger partial charge in [-0.1, -0.05) is 11.6 Å². The fourth-order valence-electron chi connectivity index (χ4n) is 0.837. The van der Waals surface area contributed by atoms with E-state index in [4.69, 9.17) is 11.6 Å². The Morgan fingerprint density at radius 3 is 2.73 bits per heavy atom. The van der Waals surface area contributed by atoms with Gasteiger partial charge < -0.3 is 0 Å². The summed E-state index contributed by atoms with van der Waals surface area (Å²) in [5, 5.41) is 0.591. The van der Waals surface area contributed by atoms with E-state index >= 15 is 0 Å². The minimum atomic E-state index is 0.591. The standard InChI is InChI=1S/C8H6BrClO/c1-5-2-7(10)3-6(4-11)8(5)9/h2-4H,1H3. The Bertz CT molecular complexity index is 296. The summed E-state index contributed by atoms with van der Waals surface area (Å²) in [7, 11) is 0. The first-order valence-electron chi connectivity index (χ1n) is 3.06. The molecule has 0 saturated heterocycles. The predicted octanol–water partition coefficient (Wildman–Crippen LogP) is 3.22. The number of hydrogen-bond donors (Lipinski definition) is 0. The van der Waals surface area contributed by atoms with Gasteiger partial charge >= 0.3 is 0 Å². The summed E-state index contributed by atoms with van der Waals surface area (Å²) in [4.78, 5) is 10.4. The van der Waals surface area contributed by atoms with Crippen molar-refractivity contribution in [3.63, 3.8) is 0 Å². The van der Waals surface area contributed by atoms with Crippen molar-refractivity contribution in [2.75, 3.05) is 0 Å². The highest BCUT2D eigenvalue weighted by Crippen LogP contribution is 2.24. The first-order valence-corrected chi connectivity index (χ1v) is 4.23. The maximum atomic E-state index is 10.4. The van der Waals surface area contributed by atoms with Crippen molar-refractivity contribution in [2.24, 2.45) is 0 Å². The highest BCUT2D eigenvalue weighted by molar-refractivity contribution is 9.10. The van der Waals surface area contributed by atoms with Crippen LogP contribution in [0.2, 0.25) is 5.02 Å². The van der Waals surface area contributed by atoms with E-state index in [0.717, 1.165) is 16.3 Å². The second-order valence-electron chi connectivity index (χ2n) is 2.24. The topological polar surface area (TPSA) is 17.1 Å². The first-order chi connectivity index (χ1) is 5.15. The molecule has 0 heterocycles. The molecule has 0 spiro atoms. The van der Waals surface area contributed by atoms with Gasteiger partial charge in [0, 0.05) is 15.1 Å². The third-order valence-corrected chi connectivity index (χ3v) is 2.68. The average Bonchev–Trinajstić information content (AvgIpc) is 1.96. The van der Waals surface area contributed by atoms with E-state index in [1.165, 1.54) is 0 Å². The summed E-state index contributed by atoms with van der Waals surface area (Å²) >= 11 is 9.01. The number of hydrogen-bond acceptors (Lipinski definition) is 1. The predicted molar refractivity (Wildman–Crippen MR) is 49.3 cm³/mol. The molecule has 58 valence electrons. The SMILES string of the molecule is Cc1cc(Cl)cc(C=O)c1Br. The smallest absolute Gasteiger partial charge is 0.151 e. The fourth-order valence-corrected chi connectivity index (χ4v) is 1.44. The van der Waals surface area contributed by atoms with E-state index in [2.05, 4.69) is 15.9 Å². The van der Waals surface area contributed by atoms with Crippen LogP contribution in [0.4, 0.5) is 0 Å². The molecule has 0 aliphatic heterocycles. The van der Waals surface area contributed by atoms with E-state index in [9.17, 15) is 4.79 Å². The van der Waals surface area contributed by atoms with Gasteiger partial charge in [0.15, 0.2) is 6.29 Å². The third-order valence-electron chi connectivity index (χ3n) is 1.37. The van der Waals surface area contributed by atoms with Gasteiger partial charge in [-0.15, -0.1) is 0 Å². The minimum absolute atomic E-state index is 0.591. The lowest BCUT2D eigenvalue weighted by Gasteiger charge is -2.00. The zero-order valence-electron chi connectivity index (χ0n) is 5.90. The highest BCUT2D eigenvalue weighted by Gasteiger charge is 2.02. The zero-order chi connectivity index (χ0) is 8.43. The molecule has 1 aromatic carbocycles. The summed E-state index contributed by atoms with van der Waals surface area (Å²) in [6.45, 7) is 1.89. The molecule has 0 atom stereocenters. The Morgan fingerprint density at radius 2 is 2.18 bits per heavy atom. The van der Waals surface area contributed by atoms with Gasteiger partial charge in [-0.05, 0) is 40.5 Å². The largest absolute Gasteiger partial charge is 0.298 e. The molecule has 11 heavy (non-hydrogen) atoms. The quantitative estimate of drug-likeness (QED) is 0.681. The average molecular weight is 233 g/mol. The minimum Gasteiger partial charge on any atom is -0.298 e. The number of rotatable bonds is 1. The van der Waals surface area contributed by atoms with Crippen molar-refractivity contribution < 1.29 is 4.79 Å². The van der Waals surface area contributed by atoms with Crippen LogP contribution in [0.3, 0.4) is 0 Å². The molecule has 0 aromatic heterocycles. The zero-order valence-corrected chi connectivity index (χ0v) is 8.24. The number of halogens is 2. The van der Waals surface area contributed by atoms with Crippen LogP contribution in [-0.4, -0.2) is 6.29 Å². The Hall–Kier alpha value is -0.340. The molecule has 0 saturated carbocycles. The molecule has 0 aliphatic rings. The Balaban J connectivity index is 3.35. The number of carbonyl (C=O) groups is 1. The van der Waals surface area contributed by atoms with Gasteiger partial charge in [-0.2, -0.15) is 0 Å². The van der Waals surface area contributed by atoms with Crippen molar-refractivity contribution in [2.45, 2.75) is 6.92 Å². The molecule has 1 rings (SSSR count). The fraction of sp³-hybridized carbons (Fsp3) is 0.125. The van der Waals surface area contributed by atoms with Crippen molar-refractivity contribution >= 4 is 33.8 Å². The summed E-state index contributed by atoms with van der Waals surface area (Å²) in [5.74, 6) is 0. The molecule has 0 N–H and O–H groups in total. The van der Waals surface area contributed by atoms with Gasteiger partial charge in [0.1, 0.15) is 0 Å². The van der Waals surface area contributed by atoms with Gasteiger partial charge in [0.25, 0.3) is 0 Å². The van der Waals surface area contributed by atoms with Crippen molar-refractivity contribution in [3.05, 3.63) is 32.8 Å². The van der Waals surface area contributed by atoms with E-state index < -0.39 is 0 Å². The molecular formula is C8H6BrClO. The van der Waals surface area contributed by atoms with E-state index in [0.29, 0.717) is 10.6 Å². The second-order valence-corrected chi connectivity index (χ2v) is 3.47. The van der Waals surface area contributed by atoms with Crippen LogP contribution in [-0.2, 0) is 0 Å². The Kier molecular flexibility index (Phi) is 2.68. The molecule has 0 fully saturated rings. The monoisotopic (exact) mass is 232 g/mol. The molecule has 0 radical (unpaired) electrons. The summed E-state index contributed by atoms with van der Waals surface area (Å²) in [5.41, 5.74) is 1.56. The van der Waals surface area contributed by atoms with Crippen LogP contribution in [0.5, 0.6) is 0 Å². The lowest BCUT2D eigenvalue weighted by Crippen LogP contribution is -1.85. The number of aldehydes is 1. The molecule has 0 bridgehead atoms. The lowest BCUT2D eigenvalue weighted by molar-refractivity contribution is 0.112. The van der Waals surface area contributed by atoms with Crippen LogP contribution < -0.4 is 0 Å². The van der Waals surface area contributed by atoms with Crippen LogP contribution in [0, 0.1) is 6.92 Å². The molecule has 0 aliphatic carbocycles. The van der Waals surface area contributed by atoms with Crippen LogP contribution in [0.1, 0.15) is 15.9 Å². The van der Waals surface area contributed by atoms with Crippen molar-refractivity contribution in [1.82, 2.24) is 0 Å². The van der Waals surface area contributed by atoms with Crippen LogP contribution >= 0.6 is 27.5 Å². The lowest BCUT2D eigenvalue weighted by atomic mass is 10.2. The van der Waals surface area contributed by atoms with Crippen molar-refractivity contribution in [3.8, 4) is 0 Å². The molecule has 1 aromatic rings. The number of carbonyl (C=O) groups excluding carboxylic acids is 1. The third kappa shape index (κ3) is 1.82. The van der Waals surface area contributed by atoms with Gasteiger partial charge in [0.2, 0.25) is 0 Å². The maximum absolute atomic E-state index is 10.4. The Morgan fingerprint density at radius 1 is 1.55 bits per heavy atom. The molecule has 0 unspecified atom stereocenters. The normalized spacial score (nSPS) is 9.73. The summed E-state index contributed by atoms with van der Waals surface area (Å²) < 4.78 is 0.817. The van der Waals surface area contributed by atoms with E-state index in [1.54, 1.807) is 12.1 Å².